The van der Waals surface area contributed by atoms with Crippen LogP contribution in [-0.2, 0) is 4.74 Å². The maximum atomic E-state index is 5.60. The zero-order valence-electron chi connectivity index (χ0n) is 37.7. The third-order valence-corrected chi connectivity index (χ3v) is 13.4. The van der Waals surface area contributed by atoms with E-state index in [9.17, 15) is 0 Å². The predicted molar refractivity (Wildman–Crippen MR) is 261 cm³/mol. The third-order valence-electron chi connectivity index (χ3n) is 13.4. The molecule has 4 fully saturated rings. The lowest BCUT2D eigenvalue weighted by atomic mass is 10.0. The number of H-pyrrole nitrogens is 2. The van der Waals surface area contributed by atoms with Gasteiger partial charge >= 0.3 is 0 Å². The quantitative estimate of drug-likeness (QED) is 0.0833. The average molecular weight is 873 g/mol. The van der Waals surface area contributed by atoms with Gasteiger partial charge in [0.2, 0.25) is 0 Å². The molecule has 4 aliphatic rings. The number of rotatable bonds is 14. The molecule has 0 unspecified atom stereocenters. The number of hydrogen-bond donors (Lipinski definition) is 4. The van der Waals surface area contributed by atoms with Crippen molar-refractivity contribution in [2.75, 3.05) is 79.9 Å². The lowest BCUT2D eigenvalue weighted by Crippen LogP contribution is -2.61. The van der Waals surface area contributed by atoms with E-state index < -0.39 is 0 Å². The summed E-state index contributed by atoms with van der Waals surface area (Å²) in [5, 5.41) is 21.5. The normalized spacial score (nSPS) is 18.3. The van der Waals surface area contributed by atoms with Crippen LogP contribution in [0.3, 0.4) is 0 Å². The van der Waals surface area contributed by atoms with Gasteiger partial charge in [-0.3, -0.25) is 15.1 Å². The lowest BCUT2D eigenvalue weighted by molar-refractivity contribution is 0.0225. The molecular formula is C50H60N14O. The number of methoxy groups -OCH3 is 1. The second-order valence-corrected chi connectivity index (χ2v) is 17.9. The number of ether oxygens (including phenoxy) is 1. The second-order valence-electron chi connectivity index (χ2n) is 17.9. The molecule has 4 N–H and O–H groups in total. The Morgan fingerprint density at radius 3 is 1.52 bits per heavy atom. The van der Waals surface area contributed by atoms with Crippen LogP contribution in [0, 0.1) is 13.8 Å². The van der Waals surface area contributed by atoms with Crippen LogP contribution in [0.25, 0.3) is 35.4 Å². The fourth-order valence-corrected chi connectivity index (χ4v) is 9.59. The highest BCUT2D eigenvalue weighted by Crippen LogP contribution is 2.30. The maximum Gasteiger partial charge on any atom is 0.156 e. The van der Waals surface area contributed by atoms with Crippen LogP contribution in [0.4, 0.5) is 34.9 Å². The van der Waals surface area contributed by atoms with Gasteiger partial charge in [-0.05, 0) is 99.9 Å². The monoisotopic (exact) mass is 873 g/mol. The van der Waals surface area contributed by atoms with E-state index in [1.54, 1.807) is 0 Å². The summed E-state index contributed by atoms with van der Waals surface area (Å²) in [6, 6.07) is 26.5. The van der Waals surface area contributed by atoms with Gasteiger partial charge in [-0.1, -0.05) is 60.7 Å². The molecule has 4 aliphatic heterocycles. The number of aryl methyl sites for hydroxylation is 2. The largest absolute Gasteiger partial charge is 0.381 e. The van der Waals surface area contributed by atoms with Gasteiger partial charge in [-0.2, -0.15) is 10.2 Å². The Kier molecular flexibility index (Phi) is 12.7. The summed E-state index contributed by atoms with van der Waals surface area (Å²) in [7, 11) is 1.82. The topological polar surface area (TPSA) is 155 Å². The average Bonchev–Trinajstić information content (AvgIpc) is 4.11. The first-order chi connectivity index (χ1) is 31.8. The molecule has 0 radical (unpaired) electrons. The molecule has 336 valence electrons. The van der Waals surface area contributed by atoms with Crippen molar-refractivity contribution in [3.63, 3.8) is 0 Å². The summed E-state index contributed by atoms with van der Waals surface area (Å²) in [5.41, 5.74) is 6.27. The molecule has 4 aromatic heterocycles. The summed E-state index contributed by atoms with van der Waals surface area (Å²) in [6.07, 6.45) is 15.7. The van der Waals surface area contributed by atoms with Gasteiger partial charge in [-0.15, -0.1) is 0 Å². The van der Waals surface area contributed by atoms with Gasteiger partial charge in [0.25, 0.3) is 0 Å². The molecule has 2 aromatic carbocycles. The van der Waals surface area contributed by atoms with Crippen LogP contribution >= 0.6 is 0 Å². The van der Waals surface area contributed by atoms with Crippen molar-refractivity contribution in [1.29, 1.82) is 0 Å². The summed E-state index contributed by atoms with van der Waals surface area (Å²) in [6.45, 7) is 12.5. The molecule has 10 rings (SSSR count). The zero-order valence-corrected chi connectivity index (χ0v) is 37.7. The molecule has 65 heavy (non-hydrogen) atoms. The number of aromatic nitrogens is 8. The van der Waals surface area contributed by atoms with Gasteiger partial charge in [-0.25, -0.2) is 19.9 Å². The summed E-state index contributed by atoms with van der Waals surface area (Å²) in [5.74, 6) is 6.25. The van der Waals surface area contributed by atoms with E-state index in [1.807, 2.05) is 51.3 Å². The molecule has 6 aromatic rings. The van der Waals surface area contributed by atoms with Crippen molar-refractivity contribution in [2.24, 2.45) is 0 Å². The first-order valence-corrected chi connectivity index (χ1v) is 23.3. The highest BCUT2D eigenvalue weighted by atomic mass is 16.5. The minimum Gasteiger partial charge on any atom is -0.381 e. The minimum atomic E-state index is 0.384. The predicted octanol–water partition coefficient (Wildman–Crippen LogP) is 8.19. The molecule has 0 saturated carbocycles. The number of nitrogens with one attached hydrogen (secondary N) is 4. The van der Waals surface area contributed by atoms with Crippen LogP contribution < -0.4 is 20.4 Å². The summed E-state index contributed by atoms with van der Waals surface area (Å²) >= 11 is 0. The Hall–Kier alpha value is -6.42. The molecule has 8 heterocycles. The van der Waals surface area contributed by atoms with Crippen LogP contribution in [0.15, 0.2) is 72.8 Å². The van der Waals surface area contributed by atoms with Gasteiger partial charge in [0.05, 0.1) is 17.5 Å². The highest BCUT2D eigenvalue weighted by Gasteiger charge is 2.35. The maximum absolute atomic E-state index is 5.60. The zero-order chi connectivity index (χ0) is 44.1. The molecule has 0 atom stereocenters. The van der Waals surface area contributed by atoms with Gasteiger partial charge < -0.3 is 30.1 Å². The first kappa shape index (κ1) is 42.5. The van der Waals surface area contributed by atoms with Crippen molar-refractivity contribution in [3.8, 4) is 11.1 Å². The molecule has 4 saturated heterocycles. The number of aromatic amines is 2. The molecule has 15 heteroatoms. The van der Waals surface area contributed by atoms with E-state index in [1.165, 1.54) is 25.9 Å². The van der Waals surface area contributed by atoms with Crippen LogP contribution in [0.1, 0.15) is 72.7 Å². The molecule has 0 aliphatic carbocycles. The standard InChI is InChI=1S/C50H60N14O/c1-34-28-47(59-57-34)53-45-30-49(63-24-18-40(19-25-63)61-22-4-5-23-61)55-43(51-45)16-10-36-6-12-38(13-7-36)39-14-8-37(9-15-39)11-17-44-52-46(54-48-29-35(2)58-60-48)31-50(56-44)64-32-41(33-64)62-26-20-42(65-3)21-27-62/h6-17,28-31,40-42H,4-5,18-27,32-33H2,1-3H3,(H2,51,53,55,57,59)(H2,52,54,56,58,60)/b16-10+,17-11+. The molecule has 0 bridgehead atoms. The molecular weight excluding hydrogens is 813 g/mol. The number of likely N-dealkylation sites (tertiary alicyclic amines) is 2. The van der Waals surface area contributed by atoms with Crippen LogP contribution in [0.2, 0.25) is 0 Å². The van der Waals surface area contributed by atoms with Gasteiger partial charge in [0.15, 0.2) is 11.6 Å². The van der Waals surface area contributed by atoms with Crippen molar-refractivity contribution in [3.05, 3.63) is 107 Å². The first-order valence-electron chi connectivity index (χ1n) is 23.3. The number of nitrogens with zero attached hydrogens (tertiary/aromatic N) is 10. The smallest absolute Gasteiger partial charge is 0.156 e. The fourth-order valence-electron chi connectivity index (χ4n) is 9.59. The van der Waals surface area contributed by atoms with E-state index >= 15 is 0 Å². The Morgan fingerprint density at radius 1 is 0.554 bits per heavy atom. The minimum absolute atomic E-state index is 0.384. The Labute approximate surface area is 381 Å². The van der Waals surface area contributed by atoms with Crippen LogP contribution in [-0.4, -0.2) is 128 Å². The third kappa shape index (κ3) is 10.4. The number of hydrogen-bond acceptors (Lipinski definition) is 13. The van der Waals surface area contributed by atoms with Crippen molar-refractivity contribution >= 4 is 59.2 Å². The second kappa shape index (κ2) is 19.4. The van der Waals surface area contributed by atoms with Crippen molar-refractivity contribution < 1.29 is 4.74 Å². The highest BCUT2D eigenvalue weighted by molar-refractivity contribution is 5.74. The Morgan fingerprint density at radius 2 is 1.05 bits per heavy atom. The van der Waals surface area contributed by atoms with Gasteiger partial charge in [0.1, 0.15) is 34.9 Å². The van der Waals surface area contributed by atoms with E-state index in [-0.39, 0.29) is 0 Å². The van der Waals surface area contributed by atoms with E-state index in [0.717, 1.165) is 134 Å². The van der Waals surface area contributed by atoms with Gasteiger partial charge in [0, 0.05) is 82.7 Å². The molecule has 0 amide bonds. The number of benzene rings is 2. The van der Waals surface area contributed by atoms with E-state index in [0.29, 0.717) is 29.8 Å². The lowest BCUT2D eigenvalue weighted by Gasteiger charge is -2.48. The molecule has 0 spiro atoms. The van der Waals surface area contributed by atoms with E-state index in [4.69, 9.17) is 24.7 Å². The van der Waals surface area contributed by atoms with Crippen LogP contribution in [0.5, 0.6) is 0 Å². The number of anilines is 6. The SMILES string of the molecule is COC1CCN(C2CN(c3cc(Nc4cc(C)n[nH]4)nc(/C=C/c4ccc(-c5ccc(/C=C/c6nc(Nc7cc(C)n[nH]7)cc(N7CCC(N8CCCC8)CC7)n6)cc5)cc4)n3)C2)CC1. The van der Waals surface area contributed by atoms with Crippen molar-refractivity contribution in [2.45, 2.75) is 70.6 Å². The Bertz CT molecular complexity index is 2570. The van der Waals surface area contributed by atoms with E-state index in [2.05, 4.69) is 117 Å². The molecule has 15 nitrogen and oxygen atoms in total. The Balaban J connectivity index is 0.797. The summed E-state index contributed by atoms with van der Waals surface area (Å²) in [4.78, 5) is 29.8. The van der Waals surface area contributed by atoms with Crippen molar-refractivity contribution in [1.82, 2.24) is 50.1 Å². The number of piperidine rings is 2. The summed E-state index contributed by atoms with van der Waals surface area (Å²) < 4.78 is 5.60. The fraction of sp³-hybridized carbons (Fsp3) is 0.400.